The zero-order chi connectivity index (χ0) is 20.9. The third-order valence-electron chi connectivity index (χ3n) is 4.17. The Bertz CT molecular complexity index is 1140. The maximum atomic E-state index is 12.2. The molecule has 3 aromatic rings. The molecule has 29 heavy (non-hydrogen) atoms. The highest BCUT2D eigenvalue weighted by Gasteiger charge is 2.12. The highest BCUT2D eigenvalue weighted by Crippen LogP contribution is 2.15. The number of nitrogens with zero attached hydrogens (tertiary/aromatic N) is 1. The Balaban J connectivity index is 1.62. The number of nitrogens with one attached hydrogen (secondary N) is 1. The lowest BCUT2D eigenvalue weighted by Gasteiger charge is -2.07. The van der Waals surface area contributed by atoms with Gasteiger partial charge in [0.2, 0.25) is 0 Å². The summed E-state index contributed by atoms with van der Waals surface area (Å²) in [5.41, 5.74) is 2.95. The van der Waals surface area contributed by atoms with Crippen LogP contribution in [0.1, 0.15) is 27.0 Å². The Morgan fingerprint density at radius 3 is 2.24 bits per heavy atom. The van der Waals surface area contributed by atoms with E-state index in [0.717, 1.165) is 11.1 Å². The lowest BCUT2D eigenvalue weighted by molar-refractivity contribution is 0.0734. The fourth-order valence-corrected chi connectivity index (χ4v) is 3.32. The second-order valence-electron chi connectivity index (χ2n) is 6.44. The summed E-state index contributed by atoms with van der Waals surface area (Å²) in [6, 6.07) is 20.2. The predicted molar refractivity (Wildman–Crippen MR) is 112 cm³/mol. The van der Waals surface area contributed by atoms with Crippen LogP contribution in [0.4, 0.5) is 0 Å². The molecular formula is C22H20N2O4S. The molecule has 0 radical (unpaired) electrons. The van der Waals surface area contributed by atoms with Crippen molar-refractivity contribution < 1.29 is 17.9 Å². The van der Waals surface area contributed by atoms with Gasteiger partial charge in [-0.2, -0.15) is 13.5 Å². The number of rotatable bonds is 6. The fourth-order valence-electron chi connectivity index (χ4n) is 2.53. The fraction of sp³-hybridized carbons (Fsp3) is 0.0909. The van der Waals surface area contributed by atoms with E-state index in [1.54, 1.807) is 48.5 Å². The number of carbonyl (C=O) groups excluding carboxylic acids is 1. The number of hydrazone groups is 1. The zero-order valence-electron chi connectivity index (χ0n) is 16.0. The van der Waals surface area contributed by atoms with E-state index >= 15 is 0 Å². The average molecular weight is 408 g/mol. The second-order valence-corrected chi connectivity index (χ2v) is 8.10. The Hall–Kier alpha value is -3.45. The van der Waals surface area contributed by atoms with Gasteiger partial charge in [-0.1, -0.05) is 35.9 Å². The first-order chi connectivity index (χ1) is 13.8. The normalized spacial score (nSPS) is 11.4. The summed E-state index contributed by atoms with van der Waals surface area (Å²) >= 11 is 0. The Labute approximate surface area is 169 Å². The Morgan fingerprint density at radius 1 is 0.931 bits per heavy atom. The van der Waals surface area contributed by atoms with Crippen LogP contribution in [0.2, 0.25) is 0 Å². The van der Waals surface area contributed by atoms with Gasteiger partial charge < -0.3 is 4.74 Å². The van der Waals surface area contributed by atoms with Crippen LogP contribution in [-0.2, 0) is 10.0 Å². The molecule has 0 aliphatic rings. The molecule has 0 spiro atoms. The molecule has 6 nitrogen and oxygen atoms in total. The zero-order valence-corrected chi connectivity index (χ0v) is 16.8. The Morgan fingerprint density at radius 2 is 1.59 bits per heavy atom. The summed E-state index contributed by atoms with van der Waals surface area (Å²) in [5, 5.41) is 3.79. The van der Waals surface area contributed by atoms with Gasteiger partial charge in [0.1, 0.15) is 5.75 Å². The van der Waals surface area contributed by atoms with Crippen molar-refractivity contribution >= 4 is 22.2 Å². The van der Waals surface area contributed by atoms with Crippen LogP contribution in [0.3, 0.4) is 0 Å². The summed E-state index contributed by atoms with van der Waals surface area (Å²) in [7, 11) is -3.72. The third-order valence-corrected chi connectivity index (χ3v) is 5.41. The van der Waals surface area contributed by atoms with E-state index in [2.05, 4.69) is 9.93 Å². The van der Waals surface area contributed by atoms with Gasteiger partial charge in [0, 0.05) is 0 Å². The van der Waals surface area contributed by atoms with Crippen molar-refractivity contribution in [2.24, 2.45) is 5.10 Å². The van der Waals surface area contributed by atoms with E-state index in [0.29, 0.717) is 16.9 Å². The first-order valence-electron chi connectivity index (χ1n) is 8.84. The molecule has 3 rings (SSSR count). The molecule has 0 unspecified atom stereocenters. The second kappa shape index (κ2) is 8.70. The van der Waals surface area contributed by atoms with Crippen molar-refractivity contribution in [3.05, 3.63) is 95.1 Å². The van der Waals surface area contributed by atoms with E-state index in [4.69, 9.17) is 4.74 Å². The smallest absolute Gasteiger partial charge is 0.343 e. The number of esters is 1. The summed E-state index contributed by atoms with van der Waals surface area (Å²) in [6.45, 7) is 3.72. The van der Waals surface area contributed by atoms with Crippen LogP contribution in [0.15, 0.2) is 82.8 Å². The summed E-state index contributed by atoms with van der Waals surface area (Å²) in [6.07, 6.45) is 1.37. The van der Waals surface area contributed by atoms with E-state index in [1.807, 2.05) is 26.0 Å². The molecular weight excluding hydrogens is 388 g/mol. The number of sulfonamides is 1. The maximum absolute atomic E-state index is 12.2. The van der Waals surface area contributed by atoms with Gasteiger partial charge in [0.15, 0.2) is 0 Å². The van der Waals surface area contributed by atoms with Crippen molar-refractivity contribution in [1.29, 1.82) is 0 Å². The monoisotopic (exact) mass is 408 g/mol. The molecule has 0 aromatic heterocycles. The van der Waals surface area contributed by atoms with Crippen molar-refractivity contribution in [1.82, 2.24) is 4.83 Å². The van der Waals surface area contributed by atoms with E-state index in [9.17, 15) is 13.2 Å². The summed E-state index contributed by atoms with van der Waals surface area (Å²) in [5.74, 6) is -0.0500. The Kier molecular flexibility index (Phi) is 6.09. The molecule has 0 aliphatic carbocycles. The minimum atomic E-state index is -3.72. The quantitative estimate of drug-likeness (QED) is 0.291. The van der Waals surface area contributed by atoms with Gasteiger partial charge in [-0.15, -0.1) is 0 Å². The third kappa shape index (κ3) is 5.30. The lowest BCUT2D eigenvalue weighted by atomic mass is 10.1. The van der Waals surface area contributed by atoms with Crippen LogP contribution < -0.4 is 9.57 Å². The molecule has 1 N–H and O–H groups in total. The van der Waals surface area contributed by atoms with Crippen molar-refractivity contribution in [3.63, 3.8) is 0 Å². The topological polar surface area (TPSA) is 84.8 Å². The minimum Gasteiger partial charge on any atom is -0.423 e. The van der Waals surface area contributed by atoms with Gasteiger partial charge in [-0.05, 0) is 67.4 Å². The lowest BCUT2D eigenvalue weighted by Crippen LogP contribution is -2.18. The van der Waals surface area contributed by atoms with Crippen LogP contribution in [-0.4, -0.2) is 20.6 Å². The van der Waals surface area contributed by atoms with Gasteiger partial charge in [0.25, 0.3) is 10.0 Å². The largest absolute Gasteiger partial charge is 0.423 e. The maximum Gasteiger partial charge on any atom is 0.343 e. The number of hydrogen-bond donors (Lipinski definition) is 1. The van der Waals surface area contributed by atoms with E-state index in [1.165, 1.54) is 18.3 Å². The molecule has 0 aliphatic heterocycles. The molecule has 3 aromatic carbocycles. The van der Waals surface area contributed by atoms with Gasteiger partial charge in [0.05, 0.1) is 16.7 Å². The highest BCUT2D eigenvalue weighted by atomic mass is 32.2. The number of hydrogen-bond acceptors (Lipinski definition) is 5. The highest BCUT2D eigenvalue weighted by molar-refractivity contribution is 7.89. The standard InChI is InChI=1S/C22H20N2O4S/c1-16-7-13-20(14-8-16)29(26,27)24-23-15-18-9-11-19(12-10-18)28-22(25)21-6-4-3-5-17(21)2/h3-15,24H,1-2H3. The predicted octanol–water partition coefficient (Wildman–Crippen LogP) is 3.84. The van der Waals surface area contributed by atoms with Crippen molar-refractivity contribution in [2.75, 3.05) is 0 Å². The molecule has 0 atom stereocenters. The first-order valence-corrected chi connectivity index (χ1v) is 10.3. The molecule has 0 heterocycles. The van der Waals surface area contributed by atoms with Crippen LogP contribution in [0.5, 0.6) is 5.75 Å². The molecule has 0 bridgehead atoms. The van der Waals surface area contributed by atoms with Crippen molar-refractivity contribution in [2.45, 2.75) is 18.7 Å². The number of carbonyl (C=O) groups is 1. The van der Waals surface area contributed by atoms with Gasteiger partial charge in [-0.25, -0.2) is 9.63 Å². The molecule has 0 saturated carbocycles. The number of benzene rings is 3. The molecule has 148 valence electrons. The van der Waals surface area contributed by atoms with Crippen molar-refractivity contribution in [3.8, 4) is 5.75 Å². The van der Waals surface area contributed by atoms with Gasteiger partial charge >= 0.3 is 5.97 Å². The average Bonchev–Trinajstić information content (AvgIpc) is 2.70. The molecule has 7 heteroatoms. The molecule has 0 fully saturated rings. The number of aryl methyl sites for hydroxylation is 2. The van der Waals surface area contributed by atoms with Gasteiger partial charge in [-0.3, -0.25) is 0 Å². The number of ether oxygens (including phenoxy) is 1. The van der Waals surface area contributed by atoms with Crippen LogP contribution in [0, 0.1) is 13.8 Å². The van der Waals surface area contributed by atoms with E-state index in [-0.39, 0.29) is 4.90 Å². The molecule has 0 saturated heterocycles. The van der Waals surface area contributed by atoms with E-state index < -0.39 is 16.0 Å². The SMILES string of the molecule is Cc1ccc(S(=O)(=O)NN=Cc2ccc(OC(=O)c3ccccc3C)cc2)cc1. The summed E-state index contributed by atoms with van der Waals surface area (Å²) in [4.78, 5) is 14.5. The minimum absolute atomic E-state index is 0.138. The molecule has 0 amide bonds. The first kappa shape index (κ1) is 20.3. The summed E-state index contributed by atoms with van der Waals surface area (Å²) < 4.78 is 29.7. The van der Waals surface area contributed by atoms with Crippen LogP contribution >= 0.6 is 0 Å². The van der Waals surface area contributed by atoms with Crippen LogP contribution in [0.25, 0.3) is 0 Å².